The zero-order valence-electron chi connectivity index (χ0n) is 6.10. The molecule has 1 nitrogen and oxygen atoms in total. The maximum atomic E-state index is 12.6. The zero-order valence-corrected chi connectivity index (χ0v) is 6.10. The lowest BCUT2D eigenvalue weighted by Crippen LogP contribution is -2.21. The minimum absolute atomic E-state index is 0.163. The van der Waals surface area contributed by atoms with E-state index < -0.39 is 0 Å². The van der Waals surface area contributed by atoms with Gasteiger partial charge in [0.15, 0.2) is 0 Å². The predicted octanol–water partition coefficient (Wildman–Crippen LogP) is 1.48. The molecule has 0 saturated heterocycles. The molecule has 1 aromatic carbocycles. The second-order valence-electron chi connectivity index (χ2n) is 2.69. The Kier molecular flexibility index (Phi) is 1.62. The first kappa shape index (κ1) is 6.80. The van der Waals surface area contributed by atoms with Gasteiger partial charge < -0.3 is 5.32 Å². The lowest BCUT2D eigenvalue weighted by molar-refractivity contribution is 0.622. The van der Waals surface area contributed by atoms with Crippen LogP contribution in [0.1, 0.15) is 11.1 Å². The monoisotopic (exact) mass is 150 g/mol. The molecule has 1 aliphatic rings. The summed E-state index contributed by atoms with van der Waals surface area (Å²) in [5, 5.41) is 3.08. The van der Waals surface area contributed by atoms with Gasteiger partial charge in [0, 0.05) is 0 Å². The van der Waals surface area contributed by atoms with Crippen molar-refractivity contribution in [2.75, 3.05) is 6.54 Å². The van der Waals surface area contributed by atoms with Gasteiger partial charge in [0.05, 0.1) is 6.54 Å². The number of hydrogen-bond acceptors (Lipinski definition) is 1. The largest absolute Gasteiger partial charge is 0.308 e. The molecule has 1 aromatic rings. The molecule has 0 fully saturated rings. The third-order valence-electron chi connectivity index (χ3n) is 1.90. The molecule has 1 heterocycles. The van der Waals surface area contributed by atoms with E-state index >= 15 is 0 Å². The highest BCUT2D eigenvalue weighted by molar-refractivity contribution is 5.35. The molecule has 0 unspecified atom stereocenters. The first-order valence-electron chi connectivity index (χ1n) is 3.71. The van der Waals surface area contributed by atoms with Crippen molar-refractivity contribution in [3.63, 3.8) is 0 Å². The van der Waals surface area contributed by atoms with E-state index in [0.29, 0.717) is 0 Å². The second-order valence-corrected chi connectivity index (χ2v) is 2.69. The summed E-state index contributed by atoms with van der Waals surface area (Å²) in [6.45, 7) is 2.82. The van der Waals surface area contributed by atoms with Crippen molar-refractivity contribution in [1.29, 1.82) is 0 Å². The van der Waals surface area contributed by atoms with Crippen molar-refractivity contribution >= 4 is 0 Å². The summed E-state index contributed by atoms with van der Waals surface area (Å²) in [6.07, 6.45) is 0.992. The topological polar surface area (TPSA) is 12.0 Å². The van der Waals surface area contributed by atoms with Crippen LogP contribution in [0.3, 0.4) is 0 Å². The van der Waals surface area contributed by atoms with Gasteiger partial charge in [0.25, 0.3) is 0 Å². The molecule has 2 heteroatoms. The van der Waals surface area contributed by atoms with Crippen molar-refractivity contribution in [2.45, 2.75) is 6.42 Å². The molecular weight excluding hydrogens is 141 g/mol. The fraction of sp³-hybridized carbons (Fsp3) is 0.222. The fourth-order valence-electron chi connectivity index (χ4n) is 1.32. The molecule has 0 aromatic heterocycles. The van der Waals surface area contributed by atoms with Crippen molar-refractivity contribution < 1.29 is 4.39 Å². The predicted molar refractivity (Wildman–Crippen MR) is 41.5 cm³/mol. The summed E-state index contributed by atoms with van der Waals surface area (Å²) >= 11 is 0. The average molecular weight is 150 g/mol. The number of nitrogens with one attached hydrogen (secondary N) is 1. The van der Waals surface area contributed by atoms with E-state index in [1.807, 2.05) is 12.6 Å². The number of hydrogen-bond donors (Lipinski definition) is 1. The van der Waals surface area contributed by atoms with Gasteiger partial charge in [-0.15, -0.1) is 0 Å². The third-order valence-corrected chi connectivity index (χ3v) is 1.90. The first-order chi connectivity index (χ1) is 5.36. The average Bonchev–Trinajstić information content (AvgIpc) is 2.04. The van der Waals surface area contributed by atoms with Crippen molar-refractivity contribution in [3.8, 4) is 0 Å². The lowest BCUT2D eigenvalue weighted by atomic mass is 10.0. The first-order valence-corrected chi connectivity index (χ1v) is 3.71. The quantitative estimate of drug-likeness (QED) is 0.590. The van der Waals surface area contributed by atoms with Gasteiger partial charge in [-0.25, -0.2) is 4.39 Å². The van der Waals surface area contributed by atoms with Gasteiger partial charge in [-0.2, -0.15) is 0 Å². The Morgan fingerprint density at radius 2 is 2.27 bits per heavy atom. The molecular formula is C9H9FN. The summed E-state index contributed by atoms with van der Waals surface area (Å²) in [5.74, 6) is -0.163. The Morgan fingerprint density at radius 1 is 1.36 bits per heavy atom. The van der Waals surface area contributed by atoms with E-state index in [1.165, 1.54) is 11.6 Å². The molecule has 0 aliphatic carbocycles. The molecule has 11 heavy (non-hydrogen) atoms. The minimum atomic E-state index is -0.163. The SMILES string of the molecule is Fc1ccc2c(c1)[CH]NCC2. The van der Waals surface area contributed by atoms with E-state index in [-0.39, 0.29) is 5.82 Å². The van der Waals surface area contributed by atoms with Crippen LogP contribution in [0, 0.1) is 12.4 Å². The van der Waals surface area contributed by atoms with Gasteiger partial charge >= 0.3 is 0 Å². The Hall–Kier alpha value is -0.890. The minimum Gasteiger partial charge on any atom is -0.308 e. The highest BCUT2D eigenvalue weighted by Gasteiger charge is 2.08. The van der Waals surface area contributed by atoms with Crippen LogP contribution >= 0.6 is 0 Å². The number of benzene rings is 1. The van der Waals surface area contributed by atoms with Crippen LogP contribution in [0.4, 0.5) is 4.39 Å². The number of halogens is 1. The number of rotatable bonds is 0. The van der Waals surface area contributed by atoms with Crippen LogP contribution in [-0.4, -0.2) is 6.54 Å². The zero-order chi connectivity index (χ0) is 7.68. The molecule has 0 saturated carbocycles. The summed E-state index contributed by atoms with van der Waals surface area (Å²) in [4.78, 5) is 0. The molecule has 1 aliphatic heterocycles. The standard InChI is InChI=1S/C9H9FN/c10-9-2-1-7-3-4-11-6-8(7)5-9/h1-2,5-6,11H,3-4H2. The van der Waals surface area contributed by atoms with E-state index in [1.54, 1.807) is 6.07 Å². The molecule has 0 atom stereocenters. The van der Waals surface area contributed by atoms with E-state index in [4.69, 9.17) is 0 Å². The van der Waals surface area contributed by atoms with Gasteiger partial charge in [-0.1, -0.05) is 6.07 Å². The van der Waals surface area contributed by atoms with Gasteiger partial charge in [0.1, 0.15) is 5.82 Å². The lowest BCUT2D eigenvalue weighted by Gasteiger charge is -2.15. The fourth-order valence-corrected chi connectivity index (χ4v) is 1.32. The summed E-state index contributed by atoms with van der Waals surface area (Å²) < 4.78 is 12.6. The third kappa shape index (κ3) is 1.26. The van der Waals surface area contributed by atoms with Gasteiger partial charge in [0.2, 0.25) is 0 Å². The Balaban J connectivity index is 2.43. The van der Waals surface area contributed by atoms with E-state index in [2.05, 4.69) is 5.32 Å². The molecule has 0 bridgehead atoms. The second kappa shape index (κ2) is 2.62. The summed E-state index contributed by atoms with van der Waals surface area (Å²) in [7, 11) is 0. The van der Waals surface area contributed by atoms with Crippen LogP contribution in [0.2, 0.25) is 0 Å². The van der Waals surface area contributed by atoms with Crippen molar-refractivity contribution in [2.24, 2.45) is 0 Å². The smallest absolute Gasteiger partial charge is 0.123 e. The van der Waals surface area contributed by atoms with Crippen molar-refractivity contribution in [1.82, 2.24) is 5.32 Å². The van der Waals surface area contributed by atoms with Crippen LogP contribution in [-0.2, 0) is 6.42 Å². The van der Waals surface area contributed by atoms with Crippen LogP contribution in [0.25, 0.3) is 0 Å². The van der Waals surface area contributed by atoms with E-state index in [9.17, 15) is 4.39 Å². The van der Waals surface area contributed by atoms with Crippen LogP contribution in [0.5, 0.6) is 0 Å². The normalized spacial score (nSPS) is 16.1. The van der Waals surface area contributed by atoms with E-state index in [0.717, 1.165) is 18.5 Å². The summed E-state index contributed by atoms with van der Waals surface area (Å²) in [5.41, 5.74) is 2.21. The molecule has 1 N–H and O–H groups in total. The number of fused-ring (bicyclic) bond motifs is 1. The highest BCUT2D eigenvalue weighted by Crippen LogP contribution is 2.15. The van der Waals surface area contributed by atoms with Gasteiger partial charge in [-0.3, -0.25) is 0 Å². The molecule has 0 spiro atoms. The van der Waals surface area contributed by atoms with Crippen LogP contribution in [0.15, 0.2) is 18.2 Å². The Labute approximate surface area is 65.2 Å². The Morgan fingerprint density at radius 3 is 3.18 bits per heavy atom. The molecule has 0 amide bonds. The van der Waals surface area contributed by atoms with Crippen LogP contribution < -0.4 is 5.32 Å². The molecule has 2 rings (SSSR count). The molecule has 1 radical (unpaired) electrons. The maximum absolute atomic E-state index is 12.6. The maximum Gasteiger partial charge on any atom is 0.123 e. The van der Waals surface area contributed by atoms with Crippen molar-refractivity contribution in [3.05, 3.63) is 41.7 Å². The highest BCUT2D eigenvalue weighted by atomic mass is 19.1. The summed E-state index contributed by atoms with van der Waals surface area (Å²) in [6, 6.07) is 4.92. The molecule has 57 valence electrons. The van der Waals surface area contributed by atoms with Gasteiger partial charge in [-0.05, 0) is 36.2 Å². The Bertz CT molecular complexity index is 270.